The van der Waals surface area contributed by atoms with Gasteiger partial charge in [0.05, 0.1) is 11.0 Å². The van der Waals surface area contributed by atoms with Gasteiger partial charge in [0.1, 0.15) is 0 Å². The molecule has 1 aliphatic carbocycles. The number of aliphatic hydroxyl groups is 1. The summed E-state index contributed by atoms with van der Waals surface area (Å²) in [6.07, 6.45) is 3.76. The molecule has 1 fully saturated rings. The topological polar surface area (TPSA) is 75.4 Å². The Morgan fingerprint density at radius 3 is 2.89 bits per heavy atom. The molecule has 5 nitrogen and oxygen atoms in total. The third kappa shape index (κ3) is 4.01. The molecular weight excluding hydrogens is 244 g/mol. The Kier molecular flexibility index (Phi) is 4.87. The van der Waals surface area contributed by atoms with Gasteiger partial charge in [-0.15, -0.1) is 0 Å². The molecule has 2 N–H and O–H groups in total. The molecule has 5 heteroatoms. The second-order valence-corrected chi connectivity index (χ2v) is 5.20. The van der Waals surface area contributed by atoms with Crippen LogP contribution in [0.5, 0.6) is 0 Å². The second-order valence-electron chi connectivity index (χ2n) is 5.20. The van der Waals surface area contributed by atoms with E-state index >= 15 is 0 Å². The van der Waals surface area contributed by atoms with E-state index < -0.39 is 0 Å². The molecule has 19 heavy (non-hydrogen) atoms. The lowest BCUT2D eigenvalue weighted by molar-refractivity contribution is -0.385. The summed E-state index contributed by atoms with van der Waals surface area (Å²) < 4.78 is 0. The predicted octanol–water partition coefficient (Wildman–Crippen LogP) is 2.24. The molecule has 0 aromatic heterocycles. The largest absolute Gasteiger partial charge is 0.393 e. The van der Waals surface area contributed by atoms with Gasteiger partial charge in [-0.1, -0.05) is 24.6 Å². The Balaban J connectivity index is 1.84. The van der Waals surface area contributed by atoms with Crippen molar-refractivity contribution < 1.29 is 10.0 Å². The lowest BCUT2D eigenvalue weighted by atomic mass is 9.87. The van der Waals surface area contributed by atoms with Gasteiger partial charge in [-0.25, -0.2) is 0 Å². The van der Waals surface area contributed by atoms with Gasteiger partial charge < -0.3 is 10.4 Å². The minimum absolute atomic E-state index is 0.165. The number of nitrogens with zero attached hydrogens (tertiary/aromatic N) is 1. The fourth-order valence-electron chi connectivity index (χ4n) is 2.70. The monoisotopic (exact) mass is 264 g/mol. The number of nitrogens with one attached hydrogen (secondary N) is 1. The minimum atomic E-state index is -0.346. The van der Waals surface area contributed by atoms with E-state index in [0.29, 0.717) is 18.0 Å². The number of para-hydroxylation sites is 1. The van der Waals surface area contributed by atoms with Crippen molar-refractivity contribution in [3.8, 4) is 0 Å². The van der Waals surface area contributed by atoms with Crippen LogP contribution in [0.3, 0.4) is 0 Å². The summed E-state index contributed by atoms with van der Waals surface area (Å²) in [6, 6.07) is 6.80. The predicted molar refractivity (Wildman–Crippen MR) is 72.8 cm³/mol. The molecular formula is C14H20N2O3. The third-order valence-corrected chi connectivity index (χ3v) is 3.69. The highest BCUT2D eigenvalue weighted by Gasteiger charge is 2.20. The van der Waals surface area contributed by atoms with Gasteiger partial charge in [0.2, 0.25) is 0 Å². The number of nitro groups is 1. The van der Waals surface area contributed by atoms with Crippen LogP contribution in [0.4, 0.5) is 5.69 Å². The maximum Gasteiger partial charge on any atom is 0.273 e. The van der Waals surface area contributed by atoms with Gasteiger partial charge in [0, 0.05) is 18.2 Å². The molecule has 2 unspecified atom stereocenters. The molecule has 0 saturated heterocycles. The molecule has 0 amide bonds. The molecule has 1 aromatic carbocycles. The zero-order valence-electron chi connectivity index (χ0n) is 10.9. The van der Waals surface area contributed by atoms with Crippen LogP contribution in [-0.2, 0) is 6.54 Å². The average Bonchev–Trinajstić information content (AvgIpc) is 2.39. The molecule has 0 spiro atoms. The van der Waals surface area contributed by atoms with Gasteiger partial charge in [0.15, 0.2) is 0 Å². The molecule has 2 rings (SSSR count). The number of nitro benzene ring substituents is 1. The summed E-state index contributed by atoms with van der Waals surface area (Å²) in [5.41, 5.74) is 0.877. The molecule has 0 aliphatic heterocycles. The van der Waals surface area contributed by atoms with Crippen LogP contribution in [0.25, 0.3) is 0 Å². The molecule has 0 heterocycles. The smallest absolute Gasteiger partial charge is 0.273 e. The van der Waals surface area contributed by atoms with Gasteiger partial charge in [-0.2, -0.15) is 0 Å². The van der Waals surface area contributed by atoms with Gasteiger partial charge >= 0.3 is 0 Å². The van der Waals surface area contributed by atoms with Crippen LogP contribution >= 0.6 is 0 Å². The summed E-state index contributed by atoms with van der Waals surface area (Å²) in [5.74, 6) is 0.478. The average molecular weight is 264 g/mol. The molecule has 1 aliphatic rings. The molecule has 0 bridgehead atoms. The Morgan fingerprint density at radius 1 is 1.37 bits per heavy atom. The molecule has 2 atom stereocenters. The van der Waals surface area contributed by atoms with E-state index in [0.717, 1.165) is 32.2 Å². The van der Waals surface area contributed by atoms with E-state index in [-0.39, 0.29) is 16.7 Å². The van der Waals surface area contributed by atoms with Crippen molar-refractivity contribution in [1.29, 1.82) is 0 Å². The van der Waals surface area contributed by atoms with Crippen LogP contribution in [0, 0.1) is 16.0 Å². The summed E-state index contributed by atoms with van der Waals surface area (Å²) in [5, 5.41) is 23.7. The highest BCUT2D eigenvalue weighted by molar-refractivity contribution is 5.39. The van der Waals surface area contributed by atoms with E-state index in [1.807, 2.05) is 6.07 Å². The standard InChI is InChI=1S/C14H20N2O3/c17-13-6-3-4-11(8-13)9-15-10-12-5-1-2-7-14(12)16(18)19/h1-2,5,7,11,13,15,17H,3-4,6,8-10H2. The number of benzene rings is 1. The summed E-state index contributed by atoms with van der Waals surface area (Å²) >= 11 is 0. The van der Waals surface area contributed by atoms with Crippen molar-refractivity contribution in [2.75, 3.05) is 6.54 Å². The van der Waals surface area contributed by atoms with E-state index in [2.05, 4.69) is 5.32 Å². The van der Waals surface area contributed by atoms with Crippen molar-refractivity contribution in [2.45, 2.75) is 38.3 Å². The first kappa shape index (κ1) is 14.0. The first-order valence-electron chi connectivity index (χ1n) is 6.78. The van der Waals surface area contributed by atoms with Crippen molar-refractivity contribution in [3.63, 3.8) is 0 Å². The fourth-order valence-corrected chi connectivity index (χ4v) is 2.70. The number of aliphatic hydroxyl groups excluding tert-OH is 1. The maximum atomic E-state index is 10.9. The van der Waals surface area contributed by atoms with Gasteiger partial charge in [0.25, 0.3) is 5.69 Å². The SMILES string of the molecule is O=[N+]([O-])c1ccccc1CNCC1CCCC(O)C1. The zero-order valence-corrected chi connectivity index (χ0v) is 10.9. The highest BCUT2D eigenvalue weighted by Crippen LogP contribution is 2.24. The third-order valence-electron chi connectivity index (χ3n) is 3.69. The Morgan fingerprint density at radius 2 is 2.16 bits per heavy atom. The number of hydrogen-bond donors (Lipinski definition) is 2. The zero-order chi connectivity index (χ0) is 13.7. The first-order valence-corrected chi connectivity index (χ1v) is 6.78. The summed E-state index contributed by atoms with van der Waals surface area (Å²) in [7, 11) is 0. The van der Waals surface area contributed by atoms with Crippen LogP contribution in [0.1, 0.15) is 31.2 Å². The molecule has 104 valence electrons. The van der Waals surface area contributed by atoms with Crippen LogP contribution in [-0.4, -0.2) is 22.7 Å². The lowest BCUT2D eigenvalue weighted by Gasteiger charge is -2.25. The van der Waals surface area contributed by atoms with Gasteiger partial charge in [-0.05, 0) is 31.7 Å². The van der Waals surface area contributed by atoms with Crippen molar-refractivity contribution in [2.24, 2.45) is 5.92 Å². The van der Waals surface area contributed by atoms with E-state index in [9.17, 15) is 15.2 Å². The first-order chi connectivity index (χ1) is 9.16. The Hall–Kier alpha value is -1.46. The van der Waals surface area contributed by atoms with Gasteiger partial charge in [-0.3, -0.25) is 10.1 Å². The molecule has 1 saturated carbocycles. The van der Waals surface area contributed by atoms with E-state index in [4.69, 9.17) is 0 Å². The van der Waals surface area contributed by atoms with Crippen molar-refractivity contribution in [1.82, 2.24) is 5.32 Å². The van der Waals surface area contributed by atoms with Crippen LogP contribution < -0.4 is 5.32 Å². The maximum absolute atomic E-state index is 10.9. The highest BCUT2D eigenvalue weighted by atomic mass is 16.6. The van der Waals surface area contributed by atoms with E-state index in [1.54, 1.807) is 12.1 Å². The minimum Gasteiger partial charge on any atom is -0.393 e. The fraction of sp³-hybridized carbons (Fsp3) is 0.571. The number of rotatable bonds is 5. The number of hydrogen-bond acceptors (Lipinski definition) is 4. The van der Waals surface area contributed by atoms with Crippen LogP contribution in [0.15, 0.2) is 24.3 Å². The van der Waals surface area contributed by atoms with Crippen LogP contribution in [0.2, 0.25) is 0 Å². The molecule has 0 radical (unpaired) electrons. The summed E-state index contributed by atoms with van der Waals surface area (Å²) in [6.45, 7) is 1.31. The molecule has 1 aromatic rings. The normalized spacial score (nSPS) is 23.2. The summed E-state index contributed by atoms with van der Waals surface area (Å²) in [4.78, 5) is 10.5. The second kappa shape index (κ2) is 6.63. The lowest BCUT2D eigenvalue weighted by Crippen LogP contribution is -2.29. The van der Waals surface area contributed by atoms with E-state index in [1.165, 1.54) is 6.07 Å². The quantitative estimate of drug-likeness (QED) is 0.631. The Bertz CT molecular complexity index is 436. The Labute approximate surface area is 112 Å². The van der Waals surface area contributed by atoms with Crippen molar-refractivity contribution >= 4 is 5.69 Å². The van der Waals surface area contributed by atoms with Crippen molar-refractivity contribution in [3.05, 3.63) is 39.9 Å².